The number of ketones is 1. The van der Waals surface area contributed by atoms with E-state index in [0.717, 1.165) is 45.6 Å². The van der Waals surface area contributed by atoms with Gasteiger partial charge in [-0.25, -0.2) is 0 Å². The molecule has 0 amide bonds. The zero-order valence-electron chi connectivity index (χ0n) is 16.3. The van der Waals surface area contributed by atoms with E-state index in [2.05, 4.69) is 29.5 Å². The lowest BCUT2D eigenvalue weighted by Crippen LogP contribution is -2.29. The molecule has 0 saturated heterocycles. The summed E-state index contributed by atoms with van der Waals surface area (Å²) in [6.45, 7) is 4.02. The number of rotatable bonds is 2. The number of aromatic nitrogens is 1. The van der Waals surface area contributed by atoms with Crippen molar-refractivity contribution in [2.75, 3.05) is 5.32 Å². The maximum absolute atomic E-state index is 13.4. The number of nitrogens with zero attached hydrogens (tertiary/aromatic N) is 1. The van der Waals surface area contributed by atoms with Crippen LogP contribution in [0.25, 0.3) is 0 Å². The van der Waals surface area contributed by atoms with E-state index in [-0.39, 0.29) is 17.6 Å². The highest BCUT2D eigenvalue weighted by Gasteiger charge is 2.41. The third kappa shape index (κ3) is 2.99. The van der Waals surface area contributed by atoms with Gasteiger partial charge in [0.15, 0.2) is 5.78 Å². The van der Waals surface area contributed by atoms with Gasteiger partial charge in [0.2, 0.25) is 5.88 Å². The summed E-state index contributed by atoms with van der Waals surface area (Å²) in [5, 5.41) is 8.27. The maximum atomic E-state index is 13.4. The van der Waals surface area contributed by atoms with E-state index < -0.39 is 0 Å². The van der Waals surface area contributed by atoms with E-state index in [4.69, 9.17) is 16.1 Å². The number of nitrogens with one attached hydrogen (secondary N) is 1. The highest BCUT2D eigenvalue weighted by Crippen LogP contribution is 2.49. The molecule has 1 aliphatic heterocycles. The Balaban J connectivity index is 1.63. The lowest BCUT2D eigenvalue weighted by Gasteiger charge is -2.35. The Morgan fingerprint density at radius 1 is 1.07 bits per heavy atom. The van der Waals surface area contributed by atoms with Crippen molar-refractivity contribution in [1.82, 2.24) is 5.16 Å². The Kier molecular flexibility index (Phi) is 4.32. The van der Waals surface area contributed by atoms with Gasteiger partial charge in [-0.1, -0.05) is 53.2 Å². The van der Waals surface area contributed by atoms with Gasteiger partial charge < -0.3 is 9.84 Å². The largest absolute Gasteiger partial charge is 0.338 e. The maximum Gasteiger partial charge on any atom is 0.233 e. The lowest BCUT2D eigenvalue weighted by atomic mass is 9.72. The fraction of sp³-hybridized carbons (Fsp3) is 0.250. The molecular weight excluding hydrogens is 384 g/mol. The van der Waals surface area contributed by atoms with Gasteiger partial charge >= 0.3 is 0 Å². The van der Waals surface area contributed by atoms with Gasteiger partial charge in [-0.15, -0.1) is 0 Å². The minimum Gasteiger partial charge on any atom is -0.338 e. The summed E-state index contributed by atoms with van der Waals surface area (Å²) in [5.41, 5.74) is 7.00. The Labute approximate surface area is 174 Å². The molecule has 0 radical (unpaired) electrons. The highest BCUT2D eigenvalue weighted by molar-refractivity contribution is 6.30. The molecule has 146 valence electrons. The molecule has 0 fully saturated rings. The van der Waals surface area contributed by atoms with Crippen molar-refractivity contribution in [3.05, 3.63) is 92.8 Å². The Morgan fingerprint density at radius 3 is 2.59 bits per heavy atom. The second-order valence-electron chi connectivity index (χ2n) is 7.90. The number of halogens is 1. The molecule has 1 aliphatic carbocycles. The standard InChI is InChI=1S/C24H21ClN2O2/c1-13-5-3-4-6-18(13)22-21-14(2)27-29-24(21)26-19-11-16(12-20(28)23(19)22)15-7-9-17(25)10-8-15/h3-10,16,22,26H,11-12H2,1-2H3/t16-,22-/m1/s1. The molecule has 1 N–H and O–H groups in total. The summed E-state index contributed by atoms with van der Waals surface area (Å²) in [7, 11) is 0. The summed E-state index contributed by atoms with van der Waals surface area (Å²) < 4.78 is 5.60. The number of aryl methyl sites for hydroxylation is 2. The number of hydrogen-bond acceptors (Lipinski definition) is 4. The van der Waals surface area contributed by atoms with Crippen LogP contribution in [0.2, 0.25) is 5.02 Å². The quantitative estimate of drug-likeness (QED) is 0.577. The minimum absolute atomic E-state index is 0.120. The molecule has 0 spiro atoms. The number of anilines is 1. The Bertz CT molecular complexity index is 1140. The summed E-state index contributed by atoms with van der Waals surface area (Å²) in [4.78, 5) is 13.4. The van der Waals surface area contributed by atoms with Gasteiger partial charge in [0.1, 0.15) is 0 Å². The van der Waals surface area contributed by atoms with Crippen molar-refractivity contribution in [1.29, 1.82) is 0 Å². The summed E-state index contributed by atoms with van der Waals surface area (Å²) in [6, 6.07) is 16.0. The fourth-order valence-electron chi connectivity index (χ4n) is 4.66. The van der Waals surface area contributed by atoms with Gasteiger partial charge in [0.25, 0.3) is 0 Å². The van der Waals surface area contributed by atoms with Gasteiger partial charge in [0, 0.05) is 28.6 Å². The van der Waals surface area contributed by atoms with Crippen LogP contribution in [0.15, 0.2) is 64.3 Å². The zero-order valence-corrected chi connectivity index (χ0v) is 17.1. The number of carbonyl (C=O) groups excluding carboxylic acids is 1. The summed E-state index contributed by atoms with van der Waals surface area (Å²) in [5.74, 6) is 0.804. The van der Waals surface area contributed by atoms with E-state index in [1.54, 1.807) is 0 Å². The monoisotopic (exact) mass is 404 g/mol. The molecule has 0 saturated carbocycles. The summed E-state index contributed by atoms with van der Waals surface area (Å²) >= 11 is 6.04. The van der Waals surface area contributed by atoms with Gasteiger partial charge in [0.05, 0.1) is 11.3 Å². The molecule has 4 nitrogen and oxygen atoms in total. The van der Waals surface area contributed by atoms with Crippen molar-refractivity contribution in [2.24, 2.45) is 0 Å². The second-order valence-corrected chi connectivity index (χ2v) is 8.33. The number of carbonyl (C=O) groups is 1. The third-order valence-corrected chi connectivity index (χ3v) is 6.35. The van der Waals surface area contributed by atoms with Crippen LogP contribution in [-0.2, 0) is 4.79 Å². The first-order valence-corrected chi connectivity index (χ1v) is 10.2. The van der Waals surface area contributed by atoms with E-state index in [0.29, 0.717) is 17.3 Å². The highest BCUT2D eigenvalue weighted by atomic mass is 35.5. The molecule has 1 aromatic heterocycles. The van der Waals surface area contributed by atoms with Crippen LogP contribution in [0.5, 0.6) is 0 Å². The first kappa shape index (κ1) is 18.2. The molecule has 0 bridgehead atoms. The molecule has 3 aromatic rings. The van der Waals surface area contributed by atoms with Crippen molar-refractivity contribution in [3.63, 3.8) is 0 Å². The number of Topliss-reactive ketones (excluding diaryl/α,β-unsaturated/α-hetero) is 1. The lowest BCUT2D eigenvalue weighted by molar-refractivity contribution is -0.116. The molecule has 2 heterocycles. The van der Waals surface area contributed by atoms with Gasteiger partial charge in [-0.3, -0.25) is 4.79 Å². The summed E-state index contributed by atoms with van der Waals surface area (Å²) in [6.07, 6.45) is 1.24. The van der Waals surface area contributed by atoms with Gasteiger partial charge in [-0.05, 0) is 55.0 Å². The normalized spacial score (nSPS) is 20.9. The Hall–Kier alpha value is -2.85. The molecule has 2 aliphatic rings. The molecular formula is C24H21ClN2O2. The molecule has 5 rings (SSSR count). The number of allylic oxidation sites excluding steroid dienone is 2. The number of benzene rings is 2. The molecule has 29 heavy (non-hydrogen) atoms. The van der Waals surface area contributed by atoms with E-state index in [9.17, 15) is 4.79 Å². The fourth-order valence-corrected chi connectivity index (χ4v) is 4.79. The van der Waals surface area contributed by atoms with E-state index >= 15 is 0 Å². The average molecular weight is 405 g/mol. The number of hydrogen-bond donors (Lipinski definition) is 1. The number of fused-ring (bicyclic) bond motifs is 1. The van der Waals surface area contributed by atoms with Crippen molar-refractivity contribution in [2.45, 2.75) is 38.5 Å². The van der Waals surface area contributed by atoms with Crippen LogP contribution in [0, 0.1) is 13.8 Å². The van der Waals surface area contributed by atoms with Crippen LogP contribution in [-0.4, -0.2) is 10.9 Å². The van der Waals surface area contributed by atoms with E-state index in [1.165, 1.54) is 0 Å². The van der Waals surface area contributed by atoms with Crippen LogP contribution in [0.4, 0.5) is 5.88 Å². The Morgan fingerprint density at radius 2 is 1.83 bits per heavy atom. The first-order chi connectivity index (χ1) is 14.0. The molecule has 2 aromatic carbocycles. The van der Waals surface area contributed by atoms with Crippen molar-refractivity contribution >= 4 is 23.3 Å². The molecule has 0 unspecified atom stereocenters. The topological polar surface area (TPSA) is 55.1 Å². The molecule has 2 atom stereocenters. The van der Waals surface area contributed by atoms with Crippen molar-refractivity contribution < 1.29 is 9.32 Å². The predicted molar refractivity (Wildman–Crippen MR) is 113 cm³/mol. The zero-order chi connectivity index (χ0) is 20.1. The van der Waals surface area contributed by atoms with Crippen LogP contribution in [0.3, 0.4) is 0 Å². The van der Waals surface area contributed by atoms with E-state index in [1.807, 2.05) is 43.3 Å². The predicted octanol–water partition coefficient (Wildman–Crippen LogP) is 5.90. The minimum atomic E-state index is -0.146. The van der Waals surface area contributed by atoms with Crippen LogP contribution in [0.1, 0.15) is 52.6 Å². The van der Waals surface area contributed by atoms with Crippen molar-refractivity contribution in [3.8, 4) is 0 Å². The van der Waals surface area contributed by atoms with Gasteiger partial charge in [-0.2, -0.15) is 0 Å². The third-order valence-electron chi connectivity index (χ3n) is 6.10. The SMILES string of the molecule is Cc1ccccc1[C@H]1C2=C(C[C@@H](c3ccc(Cl)cc3)CC2=O)Nc2onc(C)c21. The smallest absolute Gasteiger partial charge is 0.233 e. The molecule has 5 heteroatoms. The van der Waals surface area contributed by atoms with Crippen LogP contribution < -0.4 is 5.32 Å². The van der Waals surface area contributed by atoms with Crippen LogP contribution >= 0.6 is 11.6 Å². The second kappa shape index (κ2) is 6.89. The first-order valence-electron chi connectivity index (χ1n) is 9.83. The average Bonchev–Trinajstić information content (AvgIpc) is 3.08.